The lowest BCUT2D eigenvalue weighted by molar-refractivity contribution is -0.148. The Morgan fingerprint density at radius 2 is 1.92 bits per heavy atom. The first-order valence-electron chi connectivity index (χ1n) is 8.50. The largest absolute Gasteiger partial charge is 0.461 e. The Bertz CT molecular complexity index is 721. The van der Waals surface area contributed by atoms with Crippen molar-refractivity contribution in [3.63, 3.8) is 0 Å². The van der Waals surface area contributed by atoms with Crippen LogP contribution in [-0.2, 0) is 22.5 Å². The van der Waals surface area contributed by atoms with Crippen molar-refractivity contribution in [1.82, 2.24) is 4.90 Å². The molecule has 25 heavy (non-hydrogen) atoms. The number of likely N-dealkylation sites (tertiary alicyclic amines) is 1. The second-order valence-corrected chi connectivity index (χ2v) is 6.33. The molecule has 1 aliphatic rings. The standard InChI is InChI=1S/C20H21F2NO2/c21-18-8-4-7-16(20(18)22)9-10-19(24)25-17-11-12-23(14-17)13-15-5-2-1-3-6-15/h1-8,17H,9-14H2/t17-/m1/s1. The van der Waals surface area contributed by atoms with Crippen LogP contribution in [0.25, 0.3) is 0 Å². The van der Waals surface area contributed by atoms with Crippen molar-refractivity contribution < 1.29 is 18.3 Å². The van der Waals surface area contributed by atoms with Crippen molar-refractivity contribution in [2.75, 3.05) is 13.1 Å². The molecule has 3 nitrogen and oxygen atoms in total. The maximum absolute atomic E-state index is 13.6. The van der Waals surface area contributed by atoms with Crippen LogP contribution in [0.4, 0.5) is 8.78 Å². The van der Waals surface area contributed by atoms with Crippen molar-refractivity contribution >= 4 is 5.97 Å². The highest BCUT2D eigenvalue weighted by Gasteiger charge is 2.25. The summed E-state index contributed by atoms with van der Waals surface area (Å²) in [5.41, 5.74) is 1.44. The summed E-state index contributed by atoms with van der Waals surface area (Å²) in [5, 5.41) is 0. The quantitative estimate of drug-likeness (QED) is 0.748. The van der Waals surface area contributed by atoms with Gasteiger partial charge in [-0.1, -0.05) is 42.5 Å². The molecular weight excluding hydrogens is 324 g/mol. The number of benzene rings is 2. The van der Waals surface area contributed by atoms with E-state index in [1.54, 1.807) is 0 Å². The van der Waals surface area contributed by atoms with E-state index in [-0.39, 0.29) is 30.5 Å². The molecule has 0 unspecified atom stereocenters. The molecule has 0 amide bonds. The lowest BCUT2D eigenvalue weighted by Gasteiger charge is -2.16. The van der Waals surface area contributed by atoms with Crippen LogP contribution in [-0.4, -0.2) is 30.1 Å². The maximum atomic E-state index is 13.6. The fourth-order valence-electron chi connectivity index (χ4n) is 3.10. The van der Waals surface area contributed by atoms with Gasteiger partial charge in [0.2, 0.25) is 0 Å². The van der Waals surface area contributed by atoms with Crippen LogP contribution >= 0.6 is 0 Å². The summed E-state index contributed by atoms with van der Waals surface area (Å²) in [6.45, 7) is 2.42. The minimum Gasteiger partial charge on any atom is -0.461 e. The second-order valence-electron chi connectivity index (χ2n) is 6.33. The molecule has 1 saturated heterocycles. The third-order valence-electron chi connectivity index (χ3n) is 4.41. The number of carbonyl (C=O) groups is 1. The molecular formula is C20H21F2NO2. The van der Waals surface area contributed by atoms with Gasteiger partial charge in [0.05, 0.1) is 0 Å². The first-order chi connectivity index (χ1) is 12.1. The number of halogens is 2. The highest BCUT2D eigenvalue weighted by atomic mass is 19.2. The molecule has 1 aliphatic heterocycles. The Hall–Kier alpha value is -2.27. The maximum Gasteiger partial charge on any atom is 0.306 e. The lowest BCUT2D eigenvalue weighted by atomic mass is 10.1. The molecule has 1 heterocycles. The average molecular weight is 345 g/mol. The number of nitrogens with zero attached hydrogens (tertiary/aromatic N) is 1. The van der Waals surface area contributed by atoms with Gasteiger partial charge in [0, 0.05) is 26.1 Å². The zero-order chi connectivity index (χ0) is 17.6. The zero-order valence-electron chi connectivity index (χ0n) is 14.0. The second kappa shape index (κ2) is 8.21. The predicted octanol–water partition coefficient (Wildman–Crippen LogP) is 3.72. The van der Waals surface area contributed by atoms with Crippen LogP contribution in [0.3, 0.4) is 0 Å². The molecule has 0 spiro atoms. The molecule has 0 bridgehead atoms. The van der Waals surface area contributed by atoms with E-state index in [0.29, 0.717) is 6.54 Å². The van der Waals surface area contributed by atoms with E-state index in [4.69, 9.17) is 4.74 Å². The van der Waals surface area contributed by atoms with Crippen LogP contribution in [0.5, 0.6) is 0 Å². The number of ether oxygens (including phenoxy) is 1. The van der Waals surface area contributed by atoms with E-state index in [2.05, 4.69) is 17.0 Å². The van der Waals surface area contributed by atoms with E-state index in [1.807, 2.05) is 18.2 Å². The molecule has 2 aromatic carbocycles. The molecule has 132 valence electrons. The minimum absolute atomic E-state index is 0.0511. The van der Waals surface area contributed by atoms with Gasteiger partial charge in [-0.05, 0) is 30.0 Å². The summed E-state index contributed by atoms with van der Waals surface area (Å²) in [5.74, 6) is -2.14. The summed E-state index contributed by atoms with van der Waals surface area (Å²) < 4.78 is 32.2. The Morgan fingerprint density at radius 3 is 2.72 bits per heavy atom. The van der Waals surface area contributed by atoms with Crippen LogP contribution in [0.1, 0.15) is 24.0 Å². The van der Waals surface area contributed by atoms with E-state index >= 15 is 0 Å². The van der Waals surface area contributed by atoms with Crippen molar-refractivity contribution in [1.29, 1.82) is 0 Å². The summed E-state index contributed by atoms with van der Waals surface area (Å²) in [7, 11) is 0. The van der Waals surface area contributed by atoms with Crippen LogP contribution < -0.4 is 0 Å². The number of rotatable bonds is 6. The third kappa shape index (κ3) is 4.86. The number of esters is 1. The third-order valence-corrected chi connectivity index (χ3v) is 4.41. The van der Waals surface area contributed by atoms with E-state index in [1.165, 1.54) is 17.7 Å². The number of carbonyl (C=O) groups excluding carboxylic acids is 1. The molecule has 1 fully saturated rings. The molecule has 0 N–H and O–H groups in total. The van der Waals surface area contributed by atoms with Gasteiger partial charge < -0.3 is 4.74 Å². The number of aryl methyl sites for hydroxylation is 1. The van der Waals surface area contributed by atoms with Crippen LogP contribution in [0, 0.1) is 11.6 Å². The molecule has 5 heteroatoms. The van der Waals surface area contributed by atoms with Crippen LogP contribution in [0.15, 0.2) is 48.5 Å². The van der Waals surface area contributed by atoms with Crippen molar-refractivity contribution in [3.8, 4) is 0 Å². The molecule has 2 aromatic rings. The topological polar surface area (TPSA) is 29.5 Å². The van der Waals surface area contributed by atoms with Gasteiger partial charge in [-0.25, -0.2) is 8.78 Å². The van der Waals surface area contributed by atoms with Gasteiger partial charge in [-0.2, -0.15) is 0 Å². The Morgan fingerprint density at radius 1 is 1.12 bits per heavy atom. The number of hydrogen-bond acceptors (Lipinski definition) is 3. The van der Waals surface area contributed by atoms with Gasteiger partial charge in [-0.3, -0.25) is 9.69 Å². The predicted molar refractivity (Wildman–Crippen MR) is 90.9 cm³/mol. The summed E-state index contributed by atoms with van der Waals surface area (Å²) >= 11 is 0. The zero-order valence-corrected chi connectivity index (χ0v) is 14.0. The fourth-order valence-corrected chi connectivity index (χ4v) is 3.10. The average Bonchev–Trinajstić information content (AvgIpc) is 3.04. The SMILES string of the molecule is O=C(CCc1cccc(F)c1F)O[C@@H]1CCN(Cc2ccccc2)C1. The van der Waals surface area contributed by atoms with Crippen LogP contribution in [0.2, 0.25) is 0 Å². The monoisotopic (exact) mass is 345 g/mol. The Kier molecular flexibility index (Phi) is 5.76. The van der Waals surface area contributed by atoms with E-state index in [9.17, 15) is 13.6 Å². The molecule has 3 rings (SSSR count). The van der Waals surface area contributed by atoms with E-state index in [0.717, 1.165) is 25.6 Å². The highest BCUT2D eigenvalue weighted by molar-refractivity contribution is 5.70. The summed E-state index contributed by atoms with van der Waals surface area (Å²) in [6, 6.07) is 14.2. The van der Waals surface area contributed by atoms with Gasteiger partial charge >= 0.3 is 5.97 Å². The van der Waals surface area contributed by atoms with Crippen molar-refractivity contribution in [2.24, 2.45) is 0 Å². The van der Waals surface area contributed by atoms with Gasteiger partial charge in [0.1, 0.15) is 6.10 Å². The first-order valence-corrected chi connectivity index (χ1v) is 8.50. The van der Waals surface area contributed by atoms with Crippen molar-refractivity contribution in [3.05, 3.63) is 71.3 Å². The summed E-state index contributed by atoms with van der Waals surface area (Å²) in [4.78, 5) is 14.2. The van der Waals surface area contributed by atoms with Gasteiger partial charge in [0.25, 0.3) is 0 Å². The molecule has 0 saturated carbocycles. The molecule has 1 atom stereocenters. The number of hydrogen-bond donors (Lipinski definition) is 0. The molecule has 0 aromatic heterocycles. The molecule has 0 aliphatic carbocycles. The normalized spacial score (nSPS) is 17.6. The Balaban J connectivity index is 1.43. The molecule has 0 radical (unpaired) electrons. The van der Waals surface area contributed by atoms with Gasteiger partial charge in [-0.15, -0.1) is 0 Å². The van der Waals surface area contributed by atoms with E-state index < -0.39 is 11.6 Å². The first kappa shape index (κ1) is 17.5. The summed E-state index contributed by atoms with van der Waals surface area (Å²) in [6.07, 6.45) is 0.860. The van der Waals surface area contributed by atoms with Crippen molar-refractivity contribution in [2.45, 2.75) is 31.9 Å². The van der Waals surface area contributed by atoms with Gasteiger partial charge in [0.15, 0.2) is 11.6 Å². The Labute approximate surface area is 146 Å². The lowest BCUT2D eigenvalue weighted by Crippen LogP contribution is -2.25. The smallest absolute Gasteiger partial charge is 0.306 e. The highest BCUT2D eigenvalue weighted by Crippen LogP contribution is 2.18. The minimum atomic E-state index is -0.891. The fraction of sp³-hybridized carbons (Fsp3) is 0.350.